The molecule has 3 aromatic carbocycles. The number of fused-ring (bicyclic) bond motifs is 1. The predicted octanol–water partition coefficient (Wildman–Crippen LogP) is 5.81. The van der Waals surface area contributed by atoms with Crippen LogP contribution in [0.5, 0.6) is 0 Å². The van der Waals surface area contributed by atoms with Crippen LogP contribution in [0.25, 0.3) is 0 Å². The van der Waals surface area contributed by atoms with E-state index in [-0.39, 0.29) is 12.0 Å². The lowest BCUT2D eigenvalue weighted by Crippen LogP contribution is -2.41. The second kappa shape index (κ2) is 12.2. The van der Waals surface area contributed by atoms with Crippen molar-refractivity contribution < 1.29 is 13.7 Å². The Morgan fingerprint density at radius 1 is 0.973 bits per heavy atom. The van der Waals surface area contributed by atoms with Crippen molar-refractivity contribution in [2.45, 2.75) is 56.4 Å². The van der Waals surface area contributed by atoms with Gasteiger partial charge < -0.3 is 10.1 Å². The van der Waals surface area contributed by atoms with Crippen molar-refractivity contribution in [3.05, 3.63) is 95.1 Å². The average Bonchev–Trinajstić information content (AvgIpc) is 3.14. The number of rotatable bonds is 7. The maximum Gasteiger partial charge on any atom is 0.255 e. The van der Waals surface area contributed by atoms with Gasteiger partial charge in [-0.3, -0.25) is 4.79 Å². The van der Waals surface area contributed by atoms with Crippen molar-refractivity contribution in [3.8, 4) is 0 Å². The number of hydrogen-bond acceptors (Lipinski definition) is 3. The van der Waals surface area contributed by atoms with Gasteiger partial charge in [0.15, 0.2) is 0 Å². The molecule has 0 saturated carbocycles. The third kappa shape index (κ3) is 6.75. The molecule has 0 radical (unpaired) electrons. The van der Waals surface area contributed by atoms with E-state index in [1.54, 1.807) is 0 Å². The number of nitrogens with zero attached hydrogens (tertiary/aromatic N) is 1. The number of hydrogen-bond donors (Lipinski definition) is 1. The van der Waals surface area contributed by atoms with Crippen LogP contribution in [0.2, 0.25) is 0 Å². The molecule has 0 spiro atoms. The highest BCUT2D eigenvalue weighted by Crippen LogP contribution is 2.27. The van der Waals surface area contributed by atoms with E-state index in [1.807, 2.05) is 47.6 Å². The summed E-state index contributed by atoms with van der Waals surface area (Å²) >= 11 is 0. The molecule has 0 aromatic heterocycles. The Bertz CT molecular complexity index is 1200. The molecule has 5 nitrogen and oxygen atoms in total. The third-order valence-corrected chi connectivity index (χ3v) is 9.05. The predicted molar refractivity (Wildman–Crippen MR) is 149 cm³/mol. The van der Waals surface area contributed by atoms with Crippen molar-refractivity contribution >= 4 is 22.6 Å². The minimum atomic E-state index is -1.23. The first-order chi connectivity index (χ1) is 18.0. The van der Waals surface area contributed by atoms with Gasteiger partial charge in [-0.2, -0.15) is 0 Å². The van der Waals surface area contributed by atoms with E-state index in [9.17, 15) is 9.00 Å². The molecule has 6 heteroatoms. The van der Waals surface area contributed by atoms with Crippen molar-refractivity contribution in [2.75, 3.05) is 25.0 Å². The first kappa shape index (κ1) is 25.8. The van der Waals surface area contributed by atoms with Gasteiger partial charge in [-0.1, -0.05) is 36.4 Å². The lowest BCUT2D eigenvalue weighted by atomic mass is 9.92. The van der Waals surface area contributed by atoms with Gasteiger partial charge in [-0.15, -0.1) is 0 Å². The fourth-order valence-corrected chi connectivity index (χ4v) is 6.59. The molecule has 1 N–H and O–H groups in total. The molecular formula is C31H36N2O3S. The van der Waals surface area contributed by atoms with Crippen molar-refractivity contribution in [1.82, 2.24) is 4.31 Å². The molecule has 2 unspecified atom stereocenters. The van der Waals surface area contributed by atoms with Gasteiger partial charge in [-0.25, -0.2) is 8.51 Å². The highest BCUT2D eigenvalue weighted by atomic mass is 32.2. The summed E-state index contributed by atoms with van der Waals surface area (Å²) in [6.07, 6.45) is 7.20. The minimum absolute atomic E-state index is 0.0809. The lowest BCUT2D eigenvalue weighted by molar-refractivity contribution is 0.0118. The topological polar surface area (TPSA) is 58.6 Å². The molecule has 1 aliphatic carbocycles. The van der Waals surface area contributed by atoms with Crippen molar-refractivity contribution in [2.24, 2.45) is 5.92 Å². The third-order valence-electron chi connectivity index (χ3n) is 7.57. The van der Waals surface area contributed by atoms with Crippen LogP contribution in [-0.4, -0.2) is 40.2 Å². The zero-order chi connectivity index (χ0) is 25.6. The number of carbonyl (C=O) groups excluding carboxylic acids is 1. The second-order valence-electron chi connectivity index (χ2n) is 10.2. The number of benzene rings is 3. The van der Waals surface area contributed by atoms with Gasteiger partial charge in [0.1, 0.15) is 11.0 Å². The Labute approximate surface area is 222 Å². The molecule has 1 saturated heterocycles. The number of anilines is 1. The molecule has 1 aliphatic heterocycles. The zero-order valence-corrected chi connectivity index (χ0v) is 22.3. The van der Waals surface area contributed by atoms with E-state index in [1.165, 1.54) is 48.8 Å². The summed E-state index contributed by atoms with van der Waals surface area (Å²) in [5.41, 5.74) is 5.66. The molecular weight excluding hydrogens is 480 g/mol. The number of amides is 1. The van der Waals surface area contributed by atoms with Gasteiger partial charge in [-0.05, 0) is 104 Å². The number of nitrogens with one attached hydrogen (secondary N) is 1. The van der Waals surface area contributed by atoms with Gasteiger partial charge in [0, 0.05) is 24.3 Å². The molecule has 2 aliphatic rings. The number of ether oxygens (including phenoxy) is 1. The molecule has 0 bridgehead atoms. The minimum Gasteiger partial charge on any atom is -0.376 e. The first-order valence-electron chi connectivity index (χ1n) is 13.4. The summed E-state index contributed by atoms with van der Waals surface area (Å²) in [6, 6.07) is 24.1. The Hall–Kier alpha value is -2.80. The summed E-state index contributed by atoms with van der Waals surface area (Å²) < 4.78 is 20.3. The van der Waals surface area contributed by atoms with Crippen LogP contribution in [-0.2, 0) is 35.0 Å². The maximum absolute atomic E-state index is 12.8. The zero-order valence-electron chi connectivity index (χ0n) is 21.5. The molecule has 2 atom stereocenters. The highest BCUT2D eigenvalue weighted by molar-refractivity contribution is 7.82. The number of aryl methyl sites for hydroxylation is 3. The number of carbonyl (C=O) groups is 1. The monoisotopic (exact) mass is 516 g/mol. The smallest absolute Gasteiger partial charge is 0.255 e. The maximum atomic E-state index is 12.8. The van der Waals surface area contributed by atoms with Crippen LogP contribution in [0.4, 0.5) is 5.69 Å². The van der Waals surface area contributed by atoms with Crippen LogP contribution in [0.1, 0.15) is 53.2 Å². The standard InChI is InChI=1S/C31H36N2O3S/c1-23-22-33(20-21-36-23)37(35)30-18-16-29(17-19-30)32-31(34)28-14-10-25(11-15-28)7-6-24-8-12-26-4-2-3-5-27(26)13-9-24/h2-5,10-11,14-19,23-24H,6-9,12-13,20-22H2,1H3,(H,32,34). The summed E-state index contributed by atoms with van der Waals surface area (Å²) in [5.74, 6) is 0.614. The molecule has 1 heterocycles. The summed E-state index contributed by atoms with van der Waals surface area (Å²) in [5, 5.41) is 2.96. The summed E-state index contributed by atoms with van der Waals surface area (Å²) in [4.78, 5) is 13.5. The molecule has 5 rings (SSSR count). The van der Waals surface area contributed by atoms with E-state index in [4.69, 9.17) is 4.74 Å². The fourth-order valence-electron chi connectivity index (χ4n) is 5.34. The normalized spacial score (nSPS) is 19.5. The van der Waals surface area contributed by atoms with Crippen LogP contribution in [0.3, 0.4) is 0 Å². The van der Waals surface area contributed by atoms with E-state index >= 15 is 0 Å². The van der Waals surface area contributed by atoms with E-state index in [0.29, 0.717) is 30.9 Å². The quantitative estimate of drug-likeness (QED) is 0.403. The van der Waals surface area contributed by atoms with Crippen LogP contribution in [0, 0.1) is 5.92 Å². The Kier molecular flexibility index (Phi) is 8.49. The Morgan fingerprint density at radius 2 is 1.65 bits per heavy atom. The van der Waals surface area contributed by atoms with Gasteiger partial charge in [0.05, 0.1) is 17.6 Å². The number of morpholine rings is 1. The summed E-state index contributed by atoms with van der Waals surface area (Å²) in [6.45, 7) is 3.89. The average molecular weight is 517 g/mol. The first-order valence-corrected chi connectivity index (χ1v) is 14.5. The molecule has 194 valence electrons. The lowest BCUT2D eigenvalue weighted by Gasteiger charge is -2.29. The van der Waals surface area contributed by atoms with E-state index in [2.05, 4.69) is 41.7 Å². The highest BCUT2D eigenvalue weighted by Gasteiger charge is 2.22. The fraction of sp³-hybridized carbons (Fsp3) is 0.387. The SMILES string of the molecule is CC1CN(S(=O)c2ccc(NC(=O)c3ccc(CCC4CCc5ccccc5CC4)cc3)cc2)CCO1. The van der Waals surface area contributed by atoms with Gasteiger partial charge >= 0.3 is 0 Å². The van der Waals surface area contributed by atoms with Crippen molar-refractivity contribution in [3.63, 3.8) is 0 Å². The Morgan fingerprint density at radius 3 is 2.30 bits per heavy atom. The van der Waals surface area contributed by atoms with E-state index in [0.717, 1.165) is 17.2 Å². The molecule has 3 aromatic rings. The molecule has 1 fully saturated rings. The van der Waals surface area contributed by atoms with Crippen LogP contribution < -0.4 is 5.32 Å². The molecule has 1 amide bonds. The van der Waals surface area contributed by atoms with Gasteiger partial charge in [0.2, 0.25) is 0 Å². The van der Waals surface area contributed by atoms with Crippen LogP contribution >= 0.6 is 0 Å². The van der Waals surface area contributed by atoms with E-state index < -0.39 is 11.0 Å². The van der Waals surface area contributed by atoms with Crippen LogP contribution in [0.15, 0.2) is 77.7 Å². The Balaban J connectivity index is 1.11. The van der Waals surface area contributed by atoms with Crippen molar-refractivity contribution in [1.29, 1.82) is 0 Å². The summed E-state index contributed by atoms with van der Waals surface area (Å²) in [7, 11) is -1.23. The molecule has 37 heavy (non-hydrogen) atoms. The largest absolute Gasteiger partial charge is 0.376 e. The second-order valence-corrected chi connectivity index (χ2v) is 11.7. The van der Waals surface area contributed by atoms with Gasteiger partial charge in [0.25, 0.3) is 5.91 Å².